The van der Waals surface area contributed by atoms with E-state index < -0.39 is 0 Å². The summed E-state index contributed by atoms with van der Waals surface area (Å²) in [6.07, 6.45) is 6.99. The topological polar surface area (TPSA) is 24.9 Å². The van der Waals surface area contributed by atoms with Gasteiger partial charge in [-0.3, -0.25) is 0 Å². The molecule has 2 rings (SSSR count). The second-order valence-electron chi connectivity index (χ2n) is 6.31. The molecule has 0 saturated heterocycles. The molecule has 1 aliphatic rings. The first kappa shape index (κ1) is 13.0. The molecule has 0 atom stereocenters. The van der Waals surface area contributed by atoms with E-state index >= 15 is 0 Å². The summed E-state index contributed by atoms with van der Waals surface area (Å²) >= 11 is 1.79. The molecule has 0 aliphatic heterocycles. The summed E-state index contributed by atoms with van der Waals surface area (Å²) in [6, 6.07) is 0. The minimum Gasteiger partial charge on any atom is -0.308 e. The fraction of sp³-hybridized carbons (Fsp3) is 0.786. The first-order chi connectivity index (χ1) is 7.98. The van der Waals surface area contributed by atoms with Gasteiger partial charge in [0, 0.05) is 11.6 Å². The Morgan fingerprint density at radius 3 is 2.41 bits per heavy atom. The summed E-state index contributed by atoms with van der Waals surface area (Å²) in [5.41, 5.74) is 0.596. The Kier molecular flexibility index (Phi) is 3.60. The van der Waals surface area contributed by atoms with E-state index in [0.717, 1.165) is 5.92 Å². The molecule has 0 bridgehead atoms. The number of hydrogen-bond acceptors (Lipinski definition) is 3. The highest BCUT2D eigenvalue weighted by Crippen LogP contribution is 2.45. The van der Waals surface area contributed by atoms with Gasteiger partial charge in [-0.05, 0) is 44.1 Å². The summed E-state index contributed by atoms with van der Waals surface area (Å²) in [7, 11) is 2.08. The maximum absolute atomic E-state index is 4.53. The largest absolute Gasteiger partial charge is 0.308 e. The van der Waals surface area contributed by atoms with Crippen molar-refractivity contribution in [3.8, 4) is 0 Å². The Hall–Kier alpha value is -0.410. The van der Waals surface area contributed by atoms with Crippen LogP contribution in [-0.2, 0) is 5.54 Å². The molecule has 1 saturated carbocycles. The summed E-state index contributed by atoms with van der Waals surface area (Å²) in [6.45, 7) is 7.11. The lowest BCUT2D eigenvalue weighted by Gasteiger charge is -2.43. The van der Waals surface area contributed by atoms with Gasteiger partial charge in [0.25, 0.3) is 0 Å². The molecular formula is C14H24N2S. The van der Waals surface area contributed by atoms with Crippen LogP contribution in [0.5, 0.6) is 0 Å². The van der Waals surface area contributed by atoms with E-state index in [-0.39, 0.29) is 5.54 Å². The van der Waals surface area contributed by atoms with E-state index in [4.69, 9.17) is 0 Å². The zero-order chi connectivity index (χ0) is 12.5. The minimum atomic E-state index is 0.149. The summed E-state index contributed by atoms with van der Waals surface area (Å²) in [4.78, 5) is 4.53. The fourth-order valence-corrected chi connectivity index (χ4v) is 3.91. The van der Waals surface area contributed by atoms with Crippen LogP contribution >= 0.6 is 11.3 Å². The molecule has 0 spiro atoms. The molecule has 3 heteroatoms. The third-order valence-electron chi connectivity index (χ3n) is 4.38. The number of nitrogens with one attached hydrogen (secondary N) is 1. The Morgan fingerprint density at radius 1 is 1.35 bits per heavy atom. The van der Waals surface area contributed by atoms with Crippen LogP contribution in [0.3, 0.4) is 0 Å². The summed E-state index contributed by atoms with van der Waals surface area (Å²) in [5, 5.41) is 6.90. The monoisotopic (exact) mass is 252 g/mol. The van der Waals surface area contributed by atoms with Gasteiger partial charge >= 0.3 is 0 Å². The van der Waals surface area contributed by atoms with E-state index in [1.807, 2.05) is 6.20 Å². The van der Waals surface area contributed by atoms with Gasteiger partial charge in [-0.15, -0.1) is 11.3 Å². The van der Waals surface area contributed by atoms with Gasteiger partial charge in [0.2, 0.25) is 0 Å². The second-order valence-corrected chi connectivity index (χ2v) is 7.20. The van der Waals surface area contributed by atoms with Gasteiger partial charge in [0.1, 0.15) is 5.01 Å². The molecule has 1 aromatic heterocycles. The number of thiazole rings is 1. The van der Waals surface area contributed by atoms with Crippen molar-refractivity contribution in [2.45, 2.75) is 52.0 Å². The van der Waals surface area contributed by atoms with Crippen LogP contribution in [0.4, 0.5) is 0 Å². The van der Waals surface area contributed by atoms with Crippen LogP contribution in [0.2, 0.25) is 0 Å². The Balaban J connectivity index is 2.10. The molecule has 1 N–H and O–H groups in total. The molecule has 1 aromatic rings. The van der Waals surface area contributed by atoms with Crippen molar-refractivity contribution in [2.75, 3.05) is 7.05 Å². The lowest BCUT2D eigenvalue weighted by Crippen LogP contribution is -2.44. The normalized spacial score (nSPS) is 30.5. The third kappa shape index (κ3) is 2.55. The maximum atomic E-state index is 4.53. The lowest BCUT2D eigenvalue weighted by molar-refractivity contribution is 0.118. The zero-order valence-corrected chi connectivity index (χ0v) is 12.2. The third-order valence-corrected chi connectivity index (χ3v) is 5.36. The molecule has 0 amide bonds. The van der Waals surface area contributed by atoms with E-state index in [0.29, 0.717) is 5.41 Å². The van der Waals surface area contributed by atoms with Gasteiger partial charge in [0.05, 0.1) is 5.54 Å². The van der Waals surface area contributed by atoms with Crippen molar-refractivity contribution in [3.05, 3.63) is 16.6 Å². The molecular weight excluding hydrogens is 228 g/mol. The molecule has 1 aliphatic carbocycles. The highest BCUT2D eigenvalue weighted by molar-refractivity contribution is 7.09. The van der Waals surface area contributed by atoms with Crippen molar-refractivity contribution in [1.82, 2.24) is 10.3 Å². The predicted molar refractivity (Wildman–Crippen MR) is 74.3 cm³/mol. The van der Waals surface area contributed by atoms with Crippen molar-refractivity contribution in [2.24, 2.45) is 11.3 Å². The van der Waals surface area contributed by atoms with Crippen molar-refractivity contribution >= 4 is 11.3 Å². The average Bonchev–Trinajstić information content (AvgIpc) is 2.82. The van der Waals surface area contributed by atoms with Gasteiger partial charge in [-0.1, -0.05) is 20.8 Å². The maximum Gasteiger partial charge on any atom is 0.113 e. The first-order valence-corrected chi connectivity index (χ1v) is 7.45. The molecule has 2 nitrogen and oxygen atoms in total. The van der Waals surface area contributed by atoms with E-state index in [1.54, 1.807) is 11.3 Å². The lowest BCUT2D eigenvalue weighted by atomic mass is 9.67. The van der Waals surface area contributed by atoms with E-state index in [9.17, 15) is 0 Å². The van der Waals surface area contributed by atoms with Crippen LogP contribution in [0, 0.1) is 11.3 Å². The fourth-order valence-electron chi connectivity index (χ4n) is 3.01. The summed E-state index contributed by atoms with van der Waals surface area (Å²) < 4.78 is 0. The highest BCUT2D eigenvalue weighted by Gasteiger charge is 2.40. The van der Waals surface area contributed by atoms with Gasteiger partial charge < -0.3 is 5.32 Å². The zero-order valence-electron chi connectivity index (χ0n) is 11.4. The quantitative estimate of drug-likeness (QED) is 0.866. The minimum absolute atomic E-state index is 0.149. The van der Waals surface area contributed by atoms with Crippen LogP contribution in [0.25, 0.3) is 0 Å². The van der Waals surface area contributed by atoms with Crippen LogP contribution in [0.15, 0.2) is 11.6 Å². The Morgan fingerprint density at radius 2 is 2.00 bits per heavy atom. The average molecular weight is 252 g/mol. The van der Waals surface area contributed by atoms with Crippen molar-refractivity contribution < 1.29 is 0 Å². The van der Waals surface area contributed by atoms with Crippen LogP contribution in [0.1, 0.15) is 51.5 Å². The second kappa shape index (κ2) is 4.69. The Labute approximate surface area is 109 Å². The molecule has 0 unspecified atom stereocenters. The predicted octanol–water partition coefficient (Wildman–Crippen LogP) is 3.79. The number of rotatable bonds is 2. The molecule has 0 radical (unpaired) electrons. The van der Waals surface area contributed by atoms with E-state index in [2.05, 4.69) is 43.5 Å². The van der Waals surface area contributed by atoms with Gasteiger partial charge in [-0.25, -0.2) is 4.98 Å². The van der Waals surface area contributed by atoms with Crippen molar-refractivity contribution in [3.63, 3.8) is 0 Å². The van der Waals surface area contributed by atoms with Crippen LogP contribution in [-0.4, -0.2) is 12.0 Å². The molecule has 1 fully saturated rings. The molecule has 17 heavy (non-hydrogen) atoms. The Bertz CT molecular complexity index is 343. The number of nitrogens with zero attached hydrogens (tertiary/aromatic N) is 1. The number of aromatic nitrogens is 1. The molecule has 96 valence electrons. The number of hydrogen-bond donors (Lipinski definition) is 1. The van der Waals surface area contributed by atoms with Gasteiger partial charge in [-0.2, -0.15) is 0 Å². The molecule has 1 heterocycles. The highest BCUT2D eigenvalue weighted by atomic mass is 32.1. The summed E-state index contributed by atoms with van der Waals surface area (Å²) in [5.74, 6) is 0.851. The SMILES string of the molecule is CNC1(c2nccs2)CCC(C(C)(C)C)CC1. The first-order valence-electron chi connectivity index (χ1n) is 6.57. The smallest absolute Gasteiger partial charge is 0.113 e. The molecule has 0 aromatic carbocycles. The van der Waals surface area contributed by atoms with E-state index in [1.165, 1.54) is 30.7 Å². The van der Waals surface area contributed by atoms with Crippen LogP contribution < -0.4 is 5.32 Å². The standard InChI is InChI=1S/C14H24N2S/c1-13(2,3)11-5-7-14(15-4,8-6-11)12-16-9-10-17-12/h9-11,15H,5-8H2,1-4H3. The van der Waals surface area contributed by atoms with Gasteiger partial charge in [0.15, 0.2) is 0 Å². The van der Waals surface area contributed by atoms with Crippen molar-refractivity contribution in [1.29, 1.82) is 0 Å².